The predicted molar refractivity (Wildman–Crippen MR) is 53.1 cm³/mol. The maximum absolute atomic E-state index is 11.5. The lowest BCUT2D eigenvalue weighted by Crippen LogP contribution is -2.03. The van der Waals surface area contributed by atoms with Crippen molar-refractivity contribution >= 4 is 11.0 Å². The maximum Gasteiger partial charge on any atom is 0.193 e. The van der Waals surface area contributed by atoms with Crippen LogP contribution in [0.4, 0.5) is 0 Å². The Morgan fingerprint density at radius 3 is 2.79 bits per heavy atom. The Labute approximate surface area is 80.6 Å². The van der Waals surface area contributed by atoms with E-state index < -0.39 is 6.10 Å². The number of hydrogen-bond donors (Lipinski definition) is 1. The SMILES string of the molecule is C[C@@H](O)c1cc(=O)c2ccccc2o1. The fourth-order valence-electron chi connectivity index (χ4n) is 1.33. The van der Waals surface area contributed by atoms with Gasteiger partial charge in [0.05, 0.1) is 5.39 Å². The summed E-state index contributed by atoms with van der Waals surface area (Å²) < 4.78 is 5.35. The Hall–Kier alpha value is -1.61. The molecule has 0 saturated heterocycles. The molecule has 0 radical (unpaired) electrons. The summed E-state index contributed by atoms with van der Waals surface area (Å²) in [6, 6.07) is 8.31. The minimum absolute atomic E-state index is 0.122. The third-order valence-electron chi connectivity index (χ3n) is 2.07. The molecule has 0 aliphatic heterocycles. The molecule has 0 spiro atoms. The standard InChI is InChI=1S/C11H10O3/c1-7(12)11-6-9(13)8-4-2-3-5-10(8)14-11/h2-7,12H,1H3/t7-/m1/s1. The molecular formula is C11H10O3. The quantitative estimate of drug-likeness (QED) is 0.746. The van der Waals surface area contributed by atoms with Gasteiger partial charge >= 0.3 is 0 Å². The van der Waals surface area contributed by atoms with Gasteiger partial charge in [0.1, 0.15) is 17.4 Å². The monoisotopic (exact) mass is 190 g/mol. The second kappa shape index (κ2) is 3.27. The van der Waals surface area contributed by atoms with Crippen LogP contribution in [0.1, 0.15) is 18.8 Å². The van der Waals surface area contributed by atoms with E-state index in [0.29, 0.717) is 16.7 Å². The molecule has 0 aliphatic rings. The molecule has 0 unspecified atom stereocenters. The van der Waals surface area contributed by atoms with Crippen LogP contribution in [-0.2, 0) is 0 Å². The van der Waals surface area contributed by atoms with E-state index in [1.165, 1.54) is 6.07 Å². The van der Waals surface area contributed by atoms with Crippen LogP contribution in [0.25, 0.3) is 11.0 Å². The second-order valence-electron chi connectivity index (χ2n) is 3.19. The van der Waals surface area contributed by atoms with Gasteiger partial charge in [0, 0.05) is 6.07 Å². The van der Waals surface area contributed by atoms with Crippen LogP contribution in [0.2, 0.25) is 0 Å². The molecule has 72 valence electrons. The highest BCUT2D eigenvalue weighted by molar-refractivity contribution is 5.76. The van der Waals surface area contributed by atoms with Crippen molar-refractivity contribution in [1.29, 1.82) is 0 Å². The molecule has 1 aromatic carbocycles. The first-order valence-electron chi connectivity index (χ1n) is 4.39. The maximum atomic E-state index is 11.5. The van der Waals surface area contributed by atoms with Gasteiger partial charge in [-0.1, -0.05) is 12.1 Å². The summed E-state index contributed by atoms with van der Waals surface area (Å²) in [5, 5.41) is 9.81. The molecule has 1 atom stereocenters. The molecule has 0 bridgehead atoms. The molecule has 2 aromatic rings. The summed E-state index contributed by atoms with van der Waals surface area (Å²) >= 11 is 0. The molecule has 1 N–H and O–H groups in total. The van der Waals surface area contributed by atoms with Crippen LogP contribution in [0.5, 0.6) is 0 Å². The fraction of sp³-hybridized carbons (Fsp3) is 0.182. The lowest BCUT2D eigenvalue weighted by molar-refractivity contribution is 0.170. The molecule has 0 fully saturated rings. The van der Waals surface area contributed by atoms with E-state index in [9.17, 15) is 9.90 Å². The summed E-state index contributed by atoms with van der Waals surface area (Å²) in [6.07, 6.45) is -0.757. The summed E-state index contributed by atoms with van der Waals surface area (Å²) in [5.74, 6) is 0.300. The molecule has 1 heterocycles. The van der Waals surface area contributed by atoms with Crippen LogP contribution in [-0.4, -0.2) is 5.11 Å². The molecule has 1 aromatic heterocycles. The highest BCUT2D eigenvalue weighted by Crippen LogP contribution is 2.16. The number of benzene rings is 1. The highest BCUT2D eigenvalue weighted by atomic mass is 16.4. The van der Waals surface area contributed by atoms with E-state index in [2.05, 4.69) is 0 Å². The lowest BCUT2D eigenvalue weighted by Gasteiger charge is -2.04. The largest absolute Gasteiger partial charge is 0.458 e. The van der Waals surface area contributed by atoms with Crippen LogP contribution >= 0.6 is 0 Å². The molecular weight excluding hydrogens is 180 g/mol. The Balaban J connectivity index is 2.79. The molecule has 3 heteroatoms. The van der Waals surface area contributed by atoms with Crippen molar-refractivity contribution in [2.45, 2.75) is 13.0 Å². The van der Waals surface area contributed by atoms with Crippen molar-refractivity contribution in [3.63, 3.8) is 0 Å². The topological polar surface area (TPSA) is 50.4 Å². The van der Waals surface area contributed by atoms with Crippen molar-refractivity contribution in [3.8, 4) is 0 Å². The first-order valence-corrected chi connectivity index (χ1v) is 4.39. The smallest absolute Gasteiger partial charge is 0.193 e. The second-order valence-corrected chi connectivity index (χ2v) is 3.19. The number of para-hydroxylation sites is 1. The fourth-order valence-corrected chi connectivity index (χ4v) is 1.33. The Morgan fingerprint density at radius 1 is 1.36 bits per heavy atom. The van der Waals surface area contributed by atoms with Crippen LogP contribution < -0.4 is 5.43 Å². The Morgan fingerprint density at radius 2 is 2.07 bits per heavy atom. The highest BCUT2D eigenvalue weighted by Gasteiger charge is 2.07. The number of fused-ring (bicyclic) bond motifs is 1. The summed E-state index contributed by atoms with van der Waals surface area (Å²) in [6.45, 7) is 1.56. The predicted octanol–water partition coefficient (Wildman–Crippen LogP) is 1.85. The van der Waals surface area contributed by atoms with Crippen LogP contribution in [0, 0.1) is 0 Å². The Kier molecular flexibility index (Phi) is 2.09. The third-order valence-corrected chi connectivity index (χ3v) is 2.07. The van der Waals surface area contributed by atoms with E-state index in [1.807, 2.05) is 0 Å². The van der Waals surface area contributed by atoms with Gasteiger partial charge in [-0.15, -0.1) is 0 Å². The summed E-state index contributed by atoms with van der Waals surface area (Å²) in [7, 11) is 0. The first kappa shape index (κ1) is 8.97. The normalized spacial score (nSPS) is 13.0. The minimum atomic E-state index is -0.757. The van der Waals surface area contributed by atoms with E-state index in [-0.39, 0.29) is 5.43 Å². The van der Waals surface area contributed by atoms with Crippen molar-refractivity contribution in [1.82, 2.24) is 0 Å². The van der Waals surface area contributed by atoms with E-state index in [4.69, 9.17) is 4.42 Å². The van der Waals surface area contributed by atoms with Gasteiger partial charge in [-0.3, -0.25) is 4.79 Å². The van der Waals surface area contributed by atoms with E-state index in [1.54, 1.807) is 31.2 Å². The molecule has 3 nitrogen and oxygen atoms in total. The van der Waals surface area contributed by atoms with E-state index >= 15 is 0 Å². The molecule has 2 rings (SSSR count). The van der Waals surface area contributed by atoms with Gasteiger partial charge in [0.15, 0.2) is 5.43 Å². The summed E-state index contributed by atoms with van der Waals surface area (Å²) in [4.78, 5) is 11.5. The third kappa shape index (κ3) is 1.42. The molecule has 0 aliphatic carbocycles. The van der Waals surface area contributed by atoms with Crippen molar-refractivity contribution in [3.05, 3.63) is 46.3 Å². The van der Waals surface area contributed by atoms with Crippen molar-refractivity contribution in [2.75, 3.05) is 0 Å². The van der Waals surface area contributed by atoms with Crippen LogP contribution in [0.15, 0.2) is 39.5 Å². The zero-order chi connectivity index (χ0) is 10.1. The van der Waals surface area contributed by atoms with Gasteiger partial charge in [-0.2, -0.15) is 0 Å². The van der Waals surface area contributed by atoms with Gasteiger partial charge in [-0.05, 0) is 19.1 Å². The Bertz CT molecular complexity index is 511. The molecule has 0 amide bonds. The summed E-state index contributed by atoms with van der Waals surface area (Å²) in [5.41, 5.74) is 0.388. The average Bonchev–Trinajstić information content (AvgIpc) is 2.17. The number of rotatable bonds is 1. The molecule has 14 heavy (non-hydrogen) atoms. The number of aliphatic hydroxyl groups is 1. The number of hydrogen-bond acceptors (Lipinski definition) is 3. The van der Waals surface area contributed by atoms with Crippen molar-refractivity contribution < 1.29 is 9.52 Å². The molecule has 0 saturated carbocycles. The minimum Gasteiger partial charge on any atom is -0.458 e. The number of aliphatic hydroxyl groups excluding tert-OH is 1. The van der Waals surface area contributed by atoms with Gasteiger partial charge in [-0.25, -0.2) is 0 Å². The van der Waals surface area contributed by atoms with Crippen molar-refractivity contribution in [2.24, 2.45) is 0 Å². The zero-order valence-electron chi connectivity index (χ0n) is 7.73. The first-order chi connectivity index (χ1) is 6.68. The van der Waals surface area contributed by atoms with Gasteiger partial charge in [0.2, 0.25) is 0 Å². The zero-order valence-corrected chi connectivity index (χ0v) is 7.73. The van der Waals surface area contributed by atoms with Gasteiger partial charge < -0.3 is 9.52 Å². The van der Waals surface area contributed by atoms with E-state index in [0.717, 1.165) is 0 Å². The lowest BCUT2D eigenvalue weighted by atomic mass is 10.2. The van der Waals surface area contributed by atoms with Crippen LogP contribution in [0.3, 0.4) is 0 Å². The average molecular weight is 190 g/mol. The van der Waals surface area contributed by atoms with Gasteiger partial charge in [0.25, 0.3) is 0 Å².